The van der Waals surface area contributed by atoms with Crippen LogP contribution >= 0.6 is 7.75 Å². The lowest BCUT2D eigenvalue weighted by atomic mass is 9.97. The lowest BCUT2D eigenvalue weighted by molar-refractivity contribution is -0.149. The number of ether oxygens (including phenoxy) is 2. The molecule has 1 unspecified atom stereocenters. The molecule has 3 heterocycles. The van der Waals surface area contributed by atoms with Crippen LogP contribution < -0.4 is 20.2 Å². The molecule has 0 saturated carbocycles. The van der Waals surface area contributed by atoms with Gasteiger partial charge >= 0.3 is 13.7 Å². The smallest absolute Gasteiger partial charge is 0.459 e. The molecule has 4 aromatic rings. The molecular formula is C30H35FN7O7P. The number of terminal acetylenes is 1. The van der Waals surface area contributed by atoms with E-state index in [0.29, 0.717) is 11.2 Å². The summed E-state index contributed by atoms with van der Waals surface area (Å²) in [6, 6.07) is 11.2. The zero-order valence-electron chi connectivity index (χ0n) is 25.8. The van der Waals surface area contributed by atoms with Crippen LogP contribution in [0.4, 0.5) is 16.2 Å². The first-order valence-corrected chi connectivity index (χ1v) is 15.9. The Kier molecular flexibility index (Phi) is 9.21. The van der Waals surface area contributed by atoms with Crippen LogP contribution in [0, 0.1) is 12.3 Å². The molecule has 1 aliphatic heterocycles. The summed E-state index contributed by atoms with van der Waals surface area (Å²) >= 11 is 0. The van der Waals surface area contributed by atoms with Crippen molar-refractivity contribution in [2.45, 2.75) is 57.0 Å². The number of carbonyl (C=O) groups excluding carboxylic acids is 1. The van der Waals surface area contributed by atoms with Gasteiger partial charge < -0.3 is 29.7 Å². The molecule has 0 aliphatic carbocycles. The number of nitrogen functional groups attached to an aromatic ring is 1. The van der Waals surface area contributed by atoms with Crippen LogP contribution in [-0.2, 0) is 23.4 Å². The highest BCUT2D eigenvalue weighted by molar-refractivity contribution is 7.52. The summed E-state index contributed by atoms with van der Waals surface area (Å²) in [5.74, 6) is 1.73. The second-order valence-corrected chi connectivity index (χ2v) is 12.9. The van der Waals surface area contributed by atoms with Crippen molar-refractivity contribution in [1.82, 2.24) is 24.6 Å². The maximum absolute atomic E-state index is 16.4. The molecular weight excluding hydrogens is 620 g/mol. The van der Waals surface area contributed by atoms with Gasteiger partial charge in [0, 0.05) is 19.5 Å². The third kappa shape index (κ3) is 6.35. The second-order valence-electron chi connectivity index (χ2n) is 11.2. The molecule has 6 atom stereocenters. The van der Waals surface area contributed by atoms with Crippen LogP contribution in [0.5, 0.6) is 5.75 Å². The van der Waals surface area contributed by atoms with Gasteiger partial charge in [-0.15, -0.1) is 6.42 Å². The number of aromatic nitrogens is 4. The molecule has 0 spiro atoms. The van der Waals surface area contributed by atoms with Gasteiger partial charge in [-0.1, -0.05) is 42.3 Å². The van der Waals surface area contributed by atoms with E-state index in [2.05, 4.69) is 20.0 Å². The molecule has 244 valence electrons. The third-order valence-electron chi connectivity index (χ3n) is 7.20. The lowest BCUT2D eigenvalue weighted by Crippen LogP contribution is -2.42. The molecule has 0 radical (unpaired) electrons. The average molecular weight is 656 g/mol. The summed E-state index contributed by atoms with van der Waals surface area (Å²) in [7, 11) is -1.00. The molecule has 1 fully saturated rings. The summed E-state index contributed by atoms with van der Waals surface area (Å²) in [4.78, 5) is 26.9. The predicted molar refractivity (Wildman–Crippen MR) is 169 cm³/mol. The minimum Gasteiger partial charge on any atom is -0.462 e. The number of nitrogens with two attached hydrogens (primary N) is 1. The van der Waals surface area contributed by atoms with Crippen molar-refractivity contribution in [2.24, 2.45) is 0 Å². The van der Waals surface area contributed by atoms with Gasteiger partial charge in [0.1, 0.15) is 24.0 Å². The molecule has 1 saturated heterocycles. The van der Waals surface area contributed by atoms with Gasteiger partial charge in [-0.3, -0.25) is 13.9 Å². The average Bonchev–Trinajstić information content (AvgIpc) is 3.53. The van der Waals surface area contributed by atoms with E-state index in [-0.39, 0.29) is 22.9 Å². The second kappa shape index (κ2) is 12.8. The minimum absolute atomic E-state index is 0.107. The van der Waals surface area contributed by atoms with Crippen LogP contribution in [0.1, 0.15) is 27.0 Å². The highest BCUT2D eigenvalue weighted by Gasteiger charge is 2.58. The number of rotatable bonds is 11. The molecule has 5 rings (SSSR count). The van der Waals surface area contributed by atoms with Crippen LogP contribution in [0.2, 0.25) is 0 Å². The number of anilines is 2. The molecule has 1 aliphatic rings. The number of imidazole rings is 1. The summed E-state index contributed by atoms with van der Waals surface area (Å²) in [5.41, 5.74) is 3.50. The number of esters is 1. The van der Waals surface area contributed by atoms with Crippen molar-refractivity contribution >= 4 is 47.4 Å². The quantitative estimate of drug-likeness (QED) is 0.122. The van der Waals surface area contributed by atoms with Crippen molar-refractivity contribution < 1.29 is 37.4 Å². The lowest BCUT2D eigenvalue weighted by Gasteiger charge is -2.25. The van der Waals surface area contributed by atoms with Crippen LogP contribution in [0.25, 0.3) is 21.9 Å². The Morgan fingerprint density at radius 3 is 2.67 bits per heavy atom. The molecule has 14 nitrogen and oxygen atoms in total. The van der Waals surface area contributed by atoms with E-state index in [0.717, 1.165) is 5.39 Å². The maximum Gasteiger partial charge on any atom is 0.459 e. The minimum atomic E-state index is -4.45. The van der Waals surface area contributed by atoms with E-state index in [9.17, 15) is 14.5 Å². The van der Waals surface area contributed by atoms with Crippen molar-refractivity contribution in [1.29, 1.82) is 0 Å². The number of benzene rings is 2. The highest BCUT2D eigenvalue weighted by Crippen LogP contribution is 2.49. The van der Waals surface area contributed by atoms with Gasteiger partial charge in [0.15, 0.2) is 23.2 Å². The molecule has 4 N–H and O–H groups in total. The van der Waals surface area contributed by atoms with Crippen LogP contribution in [-0.4, -0.2) is 81.3 Å². The Bertz CT molecular complexity index is 1840. The summed E-state index contributed by atoms with van der Waals surface area (Å²) < 4.78 is 54.7. The zero-order chi connectivity index (χ0) is 33.4. The molecule has 2 aromatic heterocycles. The SMILES string of the molecule is C#C[C@@]1(F)[C@H](O)[C@@H](COP(=O)(N[C@@H](C)C(=O)OC(C)C)Oc2cccc3ccccc23)O[C@H]1n1cnc2c(N(C)C)nc(N)nc21. The Hall–Kier alpha value is -4.32. The predicted octanol–water partition coefficient (Wildman–Crippen LogP) is 3.36. The largest absolute Gasteiger partial charge is 0.462 e. The van der Waals surface area contributed by atoms with Gasteiger partial charge in [-0.25, -0.2) is 13.9 Å². The summed E-state index contributed by atoms with van der Waals surface area (Å²) in [6.07, 6.45) is 1.35. The fourth-order valence-corrected chi connectivity index (χ4v) is 6.52. The molecule has 46 heavy (non-hydrogen) atoms. The number of hydrogen-bond acceptors (Lipinski definition) is 12. The van der Waals surface area contributed by atoms with Gasteiger partial charge in [0.2, 0.25) is 11.6 Å². The standard InChI is InChI=1S/C30H35FN7O7P/c1-7-30(31)24(39)22(44-28(30)38-16-33-23-25(37(5)6)34-29(32)35-26(23)38)15-42-46(41,36-18(4)27(40)43-17(2)3)45-21-14-10-12-19-11-8-9-13-20(19)21/h1,8-14,16-18,22,24,28,39H,15H2,2-6H3,(H,36,41)(H2,32,34,35)/t18-,22+,24+,28+,30+,46?/m0/s1. The van der Waals surface area contributed by atoms with Crippen molar-refractivity contribution in [3.8, 4) is 18.1 Å². The zero-order valence-corrected chi connectivity index (χ0v) is 26.7. The number of fused-ring (bicyclic) bond motifs is 2. The van der Waals surface area contributed by atoms with E-state index in [1.165, 1.54) is 17.8 Å². The van der Waals surface area contributed by atoms with Gasteiger partial charge in [-0.05, 0) is 32.2 Å². The maximum atomic E-state index is 16.4. The van der Waals surface area contributed by atoms with Crippen LogP contribution in [0.15, 0.2) is 48.8 Å². The molecule has 0 amide bonds. The van der Waals surface area contributed by atoms with E-state index >= 15 is 4.39 Å². The molecule has 2 aromatic carbocycles. The monoisotopic (exact) mass is 655 g/mol. The number of aliphatic hydroxyl groups excluding tert-OH is 1. The highest BCUT2D eigenvalue weighted by atomic mass is 31.2. The number of alkyl halides is 1. The van der Waals surface area contributed by atoms with Crippen molar-refractivity contribution in [2.75, 3.05) is 31.3 Å². The van der Waals surface area contributed by atoms with E-state index in [4.69, 9.17) is 30.7 Å². The Balaban J connectivity index is 1.45. The number of halogens is 1. The van der Waals surface area contributed by atoms with Gasteiger partial charge in [0.25, 0.3) is 0 Å². The fraction of sp³-hybridized carbons (Fsp3) is 0.400. The fourth-order valence-electron chi connectivity index (χ4n) is 5.00. The number of hydrogen-bond donors (Lipinski definition) is 3. The number of nitrogens with one attached hydrogen (secondary N) is 1. The van der Waals surface area contributed by atoms with E-state index < -0.39 is 56.6 Å². The Morgan fingerprint density at radius 2 is 1.98 bits per heavy atom. The molecule has 0 bridgehead atoms. The first kappa shape index (κ1) is 33.1. The van der Waals surface area contributed by atoms with Gasteiger partial charge in [-0.2, -0.15) is 15.1 Å². The molecule has 16 heteroatoms. The number of aliphatic hydroxyl groups is 1. The van der Waals surface area contributed by atoms with E-state index in [1.54, 1.807) is 57.1 Å². The van der Waals surface area contributed by atoms with Crippen molar-refractivity contribution in [3.63, 3.8) is 0 Å². The Labute approximate surface area is 264 Å². The topological polar surface area (TPSA) is 176 Å². The number of carbonyl (C=O) groups is 1. The van der Waals surface area contributed by atoms with Crippen molar-refractivity contribution in [3.05, 3.63) is 48.8 Å². The Morgan fingerprint density at radius 1 is 1.26 bits per heavy atom. The van der Waals surface area contributed by atoms with Crippen LogP contribution in [0.3, 0.4) is 0 Å². The third-order valence-corrected chi connectivity index (χ3v) is 8.83. The normalized spacial score (nSPS) is 23.2. The van der Waals surface area contributed by atoms with E-state index in [1.807, 2.05) is 24.1 Å². The number of nitrogens with zero attached hydrogens (tertiary/aromatic N) is 5. The first-order chi connectivity index (χ1) is 21.8. The summed E-state index contributed by atoms with van der Waals surface area (Å²) in [5, 5.41) is 15.1. The summed E-state index contributed by atoms with van der Waals surface area (Å²) in [6.45, 7) is 4.10. The van der Waals surface area contributed by atoms with Gasteiger partial charge in [0.05, 0.1) is 19.0 Å². The first-order valence-electron chi connectivity index (χ1n) is 14.3.